The number of anilines is 1. The van der Waals surface area contributed by atoms with Gasteiger partial charge in [-0.1, -0.05) is 12.5 Å². The number of nitrogens with zero attached hydrogens (tertiary/aromatic N) is 6. The van der Waals surface area contributed by atoms with Gasteiger partial charge in [0.2, 0.25) is 0 Å². The second-order valence-electron chi connectivity index (χ2n) is 7.92. The highest BCUT2D eigenvalue weighted by atomic mass is 127. The molecule has 11 heteroatoms. The lowest BCUT2D eigenvalue weighted by molar-refractivity contribution is -0.137. The molecule has 2 aliphatic rings. The summed E-state index contributed by atoms with van der Waals surface area (Å²) in [5.41, 5.74) is -0.0130. The Morgan fingerprint density at radius 3 is 2.56 bits per heavy atom. The van der Waals surface area contributed by atoms with E-state index in [0.717, 1.165) is 49.5 Å². The molecular weight excluding hydrogens is 534 g/mol. The molecule has 0 amide bonds. The van der Waals surface area contributed by atoms with Crippen LogP contribution >= 0.6 is 24.0 Å². The number of aliphatic imine (C=N–C) groups is 1. The van der Waals surface area contributed by atoms with Crippen LogP contribution in [0.3, 0.4) is 0 Å². The van der Waals surface area contributed by atoms with E-state index < -0.39 is 11.7 Å². The summed E-state index contributed by atoms with van der Waals surface area (Å²) in [5, 5.41) is 12.1. The van der Waals surface area contributed by atoms with Crippen LogP contribution in [0, 0.1) is 0 Å². The predicted molar refractivity (Wildman–Crippen MR) is 128 cm³/mol. The molecule has 0 bridgehead atoms. The fourth-order valence-electron chi connectivity index (χ4n) is 4.22. The van der Waals surface area contributed by atoms with Crippen LogP contribution in [0.15, 0.2) is 29.3 Å². The molecule has 0 saturated carbocycles. The van der Waals surface area contributed by atoms with Gasteiger partial charge in [0.1, 0.15) is 5.82 Å². The SMILES string of the molecule is CN=C(NCc1nnc2n1CCCCC2)N1CCN(c2cccc(C(F)(F)F)c2)CC1.I. The second kappa shape index (κ2) is 10.7. The standard InChI is InChI=1S/C21H28F3N7.HI/c1-25-20(26-15-19-28-27-18-8-3-2-4-9-31(18)19)30-12-10-29(11-13-30)17-7-5-6-16(14-17)21(22,23)24;/h5-7,14H,2-4,8-13,15H2,1H3,(H,25,26);1H. The lowest BCUT2D eigenvalue weighted by atomic mass is 10.1. The summed E-state index contributed by atoms with van der Waals surface area (Å²) in [6.07, 6.45) is 0.157. The number of hydrogen-bond donors (Lipinski definition) is 1. The number of piperazine rings is 1. The number of nitrogens with one attached hydrogen (secondary N) is 1. The van der Waals surface area contributed by atoms with Gasteiger partial charge in [0.05, 0.1) is 12.1 Å². The summed E-state index contributed by atoms with van der Waals surface area (Å²) in [6.45, 7) is 4.10. The van der Waals surface area contributed by atoms with Gasteiger partial charge in [0.15, 0.2) is 11.8 Å². The maximum atomic E-state index is 13.0. The molecule has 0 spiro atoms. The third-order valence-electron chi connectivity index (χ3n) is 5.92. The van der Waals surface area contributed by atoms with E-state index in [0.29, 0.717) is 38.4 Å². The Morgan fingerprint density at radius 2 is 1.84 bits per heavy atom. The summed E-state index contributed by atoms with van der Waals surface area (Å²) in [5.74, 6) is 2.74. The number of rotatable bonds is 3. The molecule has 32 heavy (non-hydrogen) atoms. The lowest BCUT2D eigenvalue weighted by Crippen LogP contribution is -2.52. The first-order valence-corrected chi connectivity index (χ1v) is 10.7. The van der Waals surface area contributed by atoms with Crippen LogP contribution in [-0.2, 0) is 25.7 Å². The third kappa shape index (κ3) is 5.65. The van der Waals surface area contributed by atoms with Crippen molar-refractivity contribution >= 4 is 35.6 Å². The fourth-order valence-corrected chi connectivity index (χ4v) is 4.22. The average Bonchev–Trinajstić information content (AvgIpc) is 3.00. The highest BCUT2D eigenvalue weighted by Gasteiger charge is 2.31. The zero-order chi connectivity index (χ0) is 21.8. The minimum atomic E-state index is -4.33. The van der Waals surface area contributed by atoms with Gasteiger partial charge in [0.25, 0.3) is 0 Å². The van der Waals surface area contributed by atoms with Crippen molar-refractivity contribution in [2.75, 3.05) is 38.1 Å². The van der Waals surface area contributed by atoms with Crippen LogP contribution in [0.5, 0.6) is 0 Å². The van der Waals surface area contributed by atoms with Crippen LogP contribution in [0.2, 0.25) is 0 Å². The first kappa shape index (κ1) is 24.6. The van der Waals surface area contributed by atoms with E-state index in [1.807, 2.05) is 4.90 Å². The van der Waals surface area contributed by atoms with E-state index in [1.54, 1.807) is 13.1 Å². The minimum absolute atomic E-state index is 0. The molecule has 1 aromatic heterocycles. The topological polar surface area (TPSA) is 61.6 Å². The van der Waals surface area contributed by atoms with Crippen LogP contribution in [0.1, 0.15) is 36.5 Å². The Bertz CT molecular complexity index is 920. The lowest BCUT2D eigenvalue weighted by Gasteiger charge is -2.37. The summed E-state index contributed by atoms with van der Waals surface area (Å²) in [7, 11) is 1.74. The van der Waals surface area contributed by atoms with E-state index >= 15 is 0 Å². The van der Waals surface area contributed by atoms with Crippen molar-refractivity contribution in [1.29, 1.82) is 0 Å². The van der Waals surface area contributed by atoms with Gasteiger partial charge in [-0.15, -0.1) is 34.2 Å². The Kier molecular flexibility index (Phi) is 8.23. The number of halogens is 4. The number of hydrogen-bond acceptors (Lipinski definition) is 4. The molecule has 1 N–H and O–H groups in total. The van der Waals surface area contributed by atoms with E-state index in [1.165, 1.54) is 18.6 Å². The van der Waals surface area contributed by atoms with Crippen molar-refractivity contribution in [3.8, 4) is 0 Å². The van der Waals surface area contributed by atoms with Gasteiger partial charge in [-0.25, -0.2) is 0 Å². The maximum Gasteiger partial charge on any atom is 0.416 e. The number of aryl methyl sites for hydroxylation is 1. The smallest absolute Gasteiger partial charge is 0.368 e. The van der Waals surface area contributed by atoms with Crippen molar-refractivity contribution in [2.24, 2.45) is 4.99 Å². The molecule has 0 radical (unpaired) electrons. The molecule has 176 valence electrons. The molecule has 2 aliphatic heterocycles. The fraction of sp³-hybridized carbons (Fsp3) is 0.571. The summed E-state index contributed by atoms with van der Waals surface area (Å²) in [4.78, 5) is 8.51. The molecule has 3 heterocycles. The minimum Gasteiger partial charge on any atom is -0.368 e. The summed E-state index contributed by atoms with van der Waals surface area (Å²) < 4.78 is 41.3. The largest absolute Gasteiger partial charge is 0.416 e. The normalized spacial score (nSPS) is 17.4. The highest BCUT2D eigenvalue weighted by molar-refractivity contribution is 14.0. The number of guanidine groups is 1. The first-order valence-electron chi connectivity index (χ1n) is 10.7. The van der Waals surface area contributed by atoms with Crippen LogP contribution in [-0.4, -0.2) is 58.9 Å². The van der Waals surface area contributed by atoms with E-state index in [-0.39, 0.29) is 24.0 Å². The monoisotopic (exact) mass is 563 g/mol. The van der Waals surface area contributed by atoms with E-state index in [4.69, 9.17) is 0 Å². The predicted octanol–water partition coefficient (Wildman–Crippen LogP) is 3.54. The number of aromatic nitrogens is 3. The zero-order valence-electron chi connectivity index (χ0n) is 18.1. The highest BCUT2D eigenvalue weighted by Crippen LogP contribution is 2.31. The van der Waals surface area contributed by atoms with E-state index in [2.05, 4.69) is 30.0 Å². The average molecular weight is 563 g/mol. The molecule has 0 aliphatic carbocycles. The van der Waals surface area contributed by atoms with Gasteiger partial charge in [-0.3, -0.25) is 4.99 Å². The Hall–Kier alpha value is -2.05. The van der Waals surface area contributed by atoms with Crippen molar-refractivity contribution in [3.63, 3.8) is 0 Å². The van der Waals surface area contributed by atoms with Gasteiger partial charge in [-0.05, 0) is 31.0 Å². The summed E-state index contributed by atoms with van der Waals surface area (Å²) >= 11 is 0. The molecule has 7 nitrogen and oxygen atoms in total. The number of alkyl halides is 3. The van der Waals surface area contributed by atoms with Crippen LogP contribution in [0.4, 0.5) is 18.9 Å². The zero-order valence-corrected chi connectivity index (χ0v) is 20.4. The third-order valence-corrected chi connectivity index (χ3v) is 5.92. The number of benzene rings is 1. The number of fused-ring (bicyclic) bond motifs is 1. The Morgan fingerprint density at radius 1 is 1.06 bits per heavy atom. The van der Waals surface area contributed by atoms with E-state index in [9.17, 15) is 13.2 Å². The summed E-state index contributed by atoms with van der Waals surface area (Å²) in [6, 6.07) is 5.53. The molecule has 4 rings (SSSR count). The van der Waals surface area contributed by atoms with Gasteiger partial charge in [-0.2, -0.15) is 13.2 Å². The van der Waals surface area contributed by atoms with Crippen molar-refractivity contribution in [3.05, 3.63) is 41.5 Å². The molecule has 1 fully saturated rings. The van der Waals surface area contributed by atoms with Gasteiger partial charge in [0, 0.05) is 51.9 Å². The van der Waals surface area contributed by atoms with Gasteiger partial charge < -0.3 is 19.7 Å². The first-order chi connectivity index (χ1) is 15.0. The van der Waals surface area contributed by atoms with Crippen molar-refractivity contribution in [1.82, 2.24) is 25.0 Å². The van der Waals surface area contributed by atoms with Crippen LogP contribution < -0.4 is 10.2 Å². The molecule has 1 aromatic carbocycles. The quantitative estimate of drug-likeness (QED) is 0.352. The van der Waals surface area contributed by atoms with Crippen LogP contribution in [0.25, 0.3) is 0 Å². The molecule has 1 saturated heterocycles. The Labute approximate surface area is 203 Å². The Balaban J connectivity index is 0.00000289. The molecule has 0 unspecified atom stereocenters. The molecule has 2 aromatic rings. The van der Waals surface area contributed by atoms with Gasteiger partial charge >= 0.3 is 6.18 Å². The molecular formula is C21H29F3IN7. The van der Waals surface area contributed by atoms with Crippen molar-refractivity contribution in [2.45, 2.75) is 44.9 Å². The maximum absolute atomic E-state index is 13.0. The second-order valence-corrected chi connectivity index (χ2v) is 7.92. The molecule has 0 atom stereocenters. The van der Waals surface area contributed by atoms with Crippen molar-refractivity contribution < 1.29 is 13.2 Å².